The summed E-state index contributed by atoms with van der Waals surface area (Å²) in [6.07, 6.45) is -1.94. The van der Waals surface area contributed by atoms with Crippen LogP contribution in [0.1, 0.15) is 46.8 Å². The van der Waals surface area contributed by atoms with Gasteiger partial charge in [0.15, 0.2) is 0 Å². The summed E-state index contributed by atoms with van der Waals surface area (Å²) in [5, 5.41) is 1.16. The third-order valence-electron chi connectivity index (χ3n) is 5.64. The van der Waals surface area contributed by atoms with E-state index in [1.165, 1.54) is 0 Å². The van der Waals surface area contributed by atoms with Crippen molar-refractivity contribution in [2.75, 3.05) is 0 Å². The fourth-order valence-corrected chi connectivity index (χ4v) is 4.12. The Morgan fingerprint density at radius 3 is 2.59 bits per heavy atom. The van der Waals surface area contributed by atoms with E-state index in [9.17, 15) is 22.4 Å². The van der Waals surface area contributed by atoms with Crippen LogP contribution < -0.4 is 5.73 Å². The van der Waals surface area contributed by atoms with Crippen molar-refractivity contribution < 1.29 is 22.4 Å². The maximum Gasteiger partial charge on any atom is 0.416 e. The number of fused-ring (bicyclic) bond motifs is 3. The van der Waals surface area contributed by atoms with Gasteiger partial charge in [0.05, 0.1) is 16.6 Å². The SMILES string of the molecule is CCCCc1c[c]c2c3c(C(N)=O)cccc3n(Cc3ccc(F)cc3C(F)(F)F)c2c1. The average molecular weight is 441 g/mol. The lowest BCUT2D eigenvalue weighted by Gasteiger charge is -2.15. The molecule has 1 aromatic heterocycles. The Morgan fingerprint density at radius 2 is 1.91 bits per heavy atom. The molecule has 1 radical (unpaired) electrons. The van der Waals surface area contributed by atoms with Crippen molar-refractivity contribution in [2.24, 2.45) is 5.73 Å². The van der Waals surface area contributed by atoms with Gasteiger partial charge in [0.1, 0.15) is 5.82 Å². The molecular formula is C25H21F4N2O. The van der Waals surface area contributed by atoms with Crippen LogP contribution in [0.5, 0.6) is 0 Å². The Bertz CT molecular complexity index is 1320. The lowest BCUT2D eigenvalue weighted by molar-refractivity contribution is -0.138. The van der Waals surface area contributed by atoms with Gasteiger partial charge < -0.3 is 10.3 Å². The molecule has 0 fully saturated rings. The first-order valence-corrected chi connectivity index (χ1v) is 10.3. The quantitative estimate of drug-likeness (QED) is 0.354. The second-order valence-corrected chi connectivity index (χ2v) is 7.82. The highest BCUT2D eigenvalue weighted by atomic mass is 19.4. The molecule has 0 saturated carbocycles. The molecule has 165 valence electrons. The number of benzene rings is 3. The van der Waals surface area contributed by atoms with E-state index in [-0.39, 0.29) is 17.7 Å². The van der Waals surface area contributed by atoms with Crippen molar-refractivity contribution in [3.8, 4) is 0 Å². The van der Waals surface area contributed by atoms with E-state index in [2.05, 4.69) is 13.0 Å². The molecule has 1 amide bonds. The first-order valence-electron chi connectivity index (χ1n) is 10.3. The molecule has 0 bridgehead atoms. The van der Waals surface area contributed by atoms with Crippen molar-refractivity contribution in [1.82, 2.24) is 4.57 Å². The first-order chi connectivity index (χ1) is 15.2. The predicted octanol–water partition coefficient (Wildman–Crippen LogP) is 6.24. The van der Waals surface area contributed by atoms with Crippen LogP contribution in [0.3, 0.4) is 0 Å². The van der Waals surface area contributed by atoms with Crippen molar-refractivity contribution in [3.05, 3.63) is 82.7 Å². The number of amides is 1. The van der Waals surface area contributed by atoms with Gasteiger partial charge >= 0.3 is 6.18 Å². The Kier molecular flexibility index (Phi) is 5.67. The third-order valence-corrected chi connectivity index (χ3v) is 5.64. The number of alkyl halides is 3. The number of unbranched alkanes of at least 4 members (excludes halogenated alkanes) is 1. The standard InChI is InChI=1S/C25H21F4N2O/c1-2-3-5-15-8-11-18-22(12-15)31(21-7-4-6-19(23(18)21)24(30)32)14-16-9-10-17(26)13-20(16)25(27,28)29/h4,6-10,12-13H,2-3,5,14H2,1H3,(H2,30,32). The number of aryl methyl sites for hydroxylation is 1. The minimum Gasteiger partial charge on any atom is -0.366 e. The fourth-order valence-electron chi connectivity index (χ4n) is 4.12. The number of hydrogen-bond donors (Lipinski definition) is 1. The van der Waals surface area contributed by atoms with E-state index in [1.54, 1.807) is 22.8 Å². The minimum absolute atomic E-state index is 0.0684. The Hall–Kier alpha value is -3.35. The summed E-state index contributed by atoms with van der Waals surface area (Å²) in [5.74, 6) is -1.58. The predicted molar refractivity (Wildman–Crippen MR) is 116 cm³/mol. The number of hydrogen-bond acceptors (Lipinski definition) is 1. The van der Waals surface area contributed by atoms with Gasteiger partial charge in [-0.05, 0) is 60.4 Å². The van der Waals surface area contributed by atoms with Gasteiger partial charge in [0.2, 0.25) is 5.91 Å². The maximum atomic E-state index is 13.6. The summed E-state index contributed by atoms with van der Waals surface area (Å²) in [6, 6.07) is 14.6. The van der Waals surface area contributed by atoms with Crippen LogP contribution >= 0.6 is 0 Å². The minimum atomic E-state index is -4.70. The number of primary amides is 1. The van der Waals surface area contributed by atoms with Crippen LogP contribution in [0.4, 0.5) is 17.6 Å². The zero-order chi connectivity index (χ0) is 23.0. The highest BCUT2D eigenvalue weighted by Crippen LogP contribution is 2.36. The lowest BCUT2D eigenvalue weighted by atomic mass is 10.0. The fraction of sp³-hybridized carbons (Fsp3) is 0.240. The van der Waals surface area contributed by atoms with Gasteiger partial charge in [-0.1, -0.05) is 31.5 Å². The van der Waals surface area contributed by atoms with E-state index < -0.39 is 23.5 Å². The number of nitrogens with zero attached hydrogens (tertiary/aromatic N) is 1. The van der Waals surface area contributed by atoms with Gasteiger partial charge in [-0.15, -0.1) is 0 Å². The molecule has 4 aromatic rings. The zero-order valence-corrected chi connectivity index (χ0v) is 17.4. The molecule has 0 aliphatic carbocycles. The number of carbonyl (C=O) groups is 1. The van der Waals surface area contributed by atoms with E-state index >= 15 is 0 Å². The van der Waals surface area contributed by atoms with Gasteiger partial charge in [0.25, 0.3) is 0 Å². The molecule has 32 heavy (non-hydrogen) atoms. The van der Waals surface area contributed by atoms with E-state index in [4.69, 9.17) is 5.73 Å². The van der Waals surface area contributed by atoms with Crippen LogP contribution in [0.25, 0.3) is 21.8 Å². The molecule has 0 spiro atoms. The molecule has 4 rings (SSSR count). The van der Waals surface area contributed by atoms with Crippen LogP contribution in [-0.2, 0) is 19.1 Å². The molecule has 7 heteroatoms. The number of nitrogens with two attached hydrogens (primary N) is 1. The summed E-state index contributed by atoms with van der Waals surface area (Å²) < 4.78 is 56.2. The largest absolute Gasteiger partial charge is 0.416 e. The highest BCUT2D eigenvalue weighted by Gasteiger charge is 2.34. The molecule has 0 aliphatic heterocycles. The van der Waals surface area contributed by atoms with Crippen molar-refractivity contribution in [3.63, 3.8) is 0 Å². The number of halogens is 4. The molecule has 0 atom stereocenters. The molecule has 3 aromatic carbocycles. The summed E-state index contributed by atoms with van der Waals surface area (Å²) in [6.45, 7) is 1.92. The van der Waals surface area contributed by atoms with Crippen molar-refractivity contribution in [1.29, 1.82) is 0 Å². The van der Waals surface area contributed by atoms with Gasteiger partial charge in [0, 0.05) is 22.9 Å². The Labute approximate surface area is 182 Å². The molecule has 1 heterocycles. The van der Waals surface area contributed by atoms with Crippen LogP contribution in [0.15, 0.2) is 48.5 Å². The summed E-state index contributed by atoms with van der Waals surface area (Å²) in [4.78, 5) is 12.1. The van der Waals surface area contributed by atoms with Crippen molar-refractivity contribution >= 4 is 27.7 Å². The van der Waals surface area contributed by atoms with E-state index in [0.717, 1.165) is 37.0 Å². The second-order valence-electron chi connectivity index (χ2n) is 7.82. The zero-order valence-electron chi connectivity index (χ0n) is 17.4. The molecule has 0 unspecified atom stereocenters. The van der Waals surface area contributed by atoms with Gasteiger partial charge in [-0.3, -0.25) is 4.79 Å². The van der Waals surface area contributed by atoms with Crippen LogP contribution in [0, 0.1) is 11.9 Å². The molecular weight excluding hydrogens is 420 g/mol. The molecule has 0 aliphatic rings. The summed E-state index contributed by atoms with van der Waals surface area (Å²) in [7, 11) is 0. The van der Waals surface area contributed by atoms with Gasteiger partial charge in [-0.2, -0.15) is 13.2 Å². The number of rotatable bonds is 6. The lowest BCUT2D eigenvalue weighted by Crippen LogP contribution is -2.13. The maximum absolute atomic E-state index is 13.6. The van der Waals surface area contributed by atoms with E-state index in [1.807, 2.05) is 12.1 Å². The number of aromatic nitrogens is 1. The Balaban J connectivity index is 1.99. The van der Waals surface area contributed by atoms with Crippen molar-refractivity contribution in [2.45, 2.75) is 38.9 Å². The normalized spacial score (nSPS) is 12.0. The van der Waals surface area contributed by atoms with Crippen LogP contribution in [-0.4, -0.2) is 10.5 Å². The first kappa shape index (κ1) is 21.9. The summed E-state index contributed by atoms with van der Waals surface area (Å²) in [5.41, 5.74) is 6.98. The summed E-state index contributed by atoms with van der Waals surface area (Å²) >= 11 is 0. The third kappa shape index (κ3) is 3.95. The number of carbonyl (C=O) groups excluding carboxylic acids is 1. The van der Waals surface area contributed by atoms with Crippen LogP contribution in [0.2, 0.25) is 0 Å². The molecule has 2 N–H and O–H groups in total. The molecule has 0 saturated heterocycles. The van der Waals surface area contributed by atoms with E-state index in [0.29, 0.717) is 27.9 Å². The average Bonchev–Trinajstić information content (AvgIpc) is 3.05. The smallest absolute Gasteiger partial charge is 0.366 e. The second kappa shape index (κ2) is 8.30. The molecule has 3 nitrogen and oxygen atoms in total. The highest BCUT2D eigenvalue weighted by molar-refractivity contribution is 6.17. The Morgan fingerprint density at radius 1 is 1.12 bits per heavy atom. The topological polar surface area (TPSA) is 48.0 Å². The van der Waals surface area contributed by atoms with Gasteiger partial charge in [-0.25, -0.2) is 4.39 Å². The monoisotopic (exact) mass is 441 g/mol.